The van der Waals surface area contributed by atoms with Crippen LogP contribution in [-0.2, 0) is 0 Å². The van der Waals surface area contributed by atoms with Gasteiger partial charge < -0.3 is 0 Å². The first-order chi connectivity index (χ1) is 10.8. The Morgan fingerprint density at radius 3 is 2.18 bits per heavy atom. The minimum atomic E-state index is 0.728. The molecule has 0 fully saturated rings. The average molecular weight is 305 g/mol. The van der Waals surface area contributed by atoms with Crippen LogP contribution in [-0.4, -0.2) is 9.55 Å². The van der Waals surface area contributed by atoms with Crippen molar-refractivity contribution >= 4 is 22.6 Å². The van der Waals surface area contributed by atoms with Crippen LogP contribution in [0.4, 0.5) is 0 Å². The standard InChI is InChI=1S/C19H13ClN2/c20-15-12-10-14(11-13-15)19-21-17-8-4-5-9-18(17)22(19)16-6-2-1-3-7-16/h1-13H. The number of halogens is 1. The third-order valence-electron chi connectivity index (χ3n) is 3.68. The van der Waals surface area contributed by atoms with Crippen LogP contribution >= 0.6 is 11.6 Å². The molecule has 0 aliphatic heterocycles. The first-order valence-corrected chi connectivity index (χ1v) is 7.49. The highest BCUT2D eigenvalue weighted by Crippen LogP contribution is 2.29. The Hall–Kier alpha value is -2.58. The van der Waals surface area contributed by atoms with Crippen LogP contribution in [0.3, 0.4) is 0 Å². The van der Waals surface area contributed by atoms with Crippen LogP contribution in [0.5, 0.6) is 0 Å². The number of hydrogen-bond acceptors (Lipinski definition) is 1. The molecule has 2 nitrogen and oxygen atoms in total. The zero-order valence-corrected chi connectivity index (χ0v) is 12.5. The van der Waals surface area contributed by atoms with Crippen molar-refractivity contribution in [2.75, 3.05) is 0 Å². The number of para-hydroxylation sites is 3. The summed E-state index contributed by atoms with van der Waals surface area (Å²) >= 11 is 6.01. The summed E-state index contributed by atoms with van der Waals surface area (Å²) in [6.45, 7) is 0. The molecule has 3 aromatic carbocycles. The van der Waals surface area contributed by atoms with Crippen molar-refractivity contribution in [2.45, 2.75) is 0 Å². The van der Waals surface area contributed by atoms with E-state index in [4.69, 9.17) is 16.6 Å². The molecular weight excluding hydrogens is 292 g/mol. The molecule has 106 valence electrons. The zero-order chi connectivity index (χ0) is 14.9. The molecule has 0 bridgehead atoms. The van der Waals surface area contributed by atoms with Crippen molar-refractivity contribution in [2.24, 2.45) is 0 Å². The summed E-state index contributed by atoms with van der Waals surface area (Å²) in [4.78, 5) is 4.81. The van der Waals surface area contributed by atoms with Crippen molar-refractivity contribution in [3.63, 3.8) is 0 Å². The van der Waals surface area contributed by atoms with Gasteiger partial charge in [0, 0.05) is 16.3 Å². The fourth-order valence-corrected chi connectivity index (χ4v) is 2.78. The molecule has 0 unspecified atom stereocenters. The lowest BCUT2D eigenvalue weighted by molar-refractivity contribution is 1.10. The molecule has 1 heterocycles. The second kappa shape index (κ2) is 5.32. The molecule has 0 spiro atoms. The molecule has 4 aromatic rings. The van der Waals surface area contributed by atoms with E-state index in [-0.39, 0.29) is 0 Å². The van der Waals surface area contributed by atoms with E-state index < -0.39 is 0 Å². The second-order valence-electron chi connectivity index (χ2n) is 5.10. The quantitative estimate of drug-likeness (QED) is 0.488. The number of fused-ring (bicyclic) bond motifs is 1. The van der Waals surface area contributed by atoms with E-state index >= 15 is 0 Å². The smallest absolute Gasteiger partial charge is 0.145 e. The molecule has 0 saturated heterocycles. The van der Waals surface area contributed by atoms with Crippen LogP contribution in [0.1, 0.15) is 0 Å². The number of benzene rings is 3. The van der Waals surface area contributed by atoms with Gasteiger partial charge >= 0.3 is 0 Å². The first kappa shape index (κ1) is 13.1. The van der Waals surface area contributed by atoms with Crippen LogP contribution < -0.4 is 0 Å². The molecule has 0 aliphatic carbocycles. The maximum absolute atomic E-state index is 6.01. The van der Waals surface area contributed by atoms with Crippen molar-refractivity contribution < 1.29 is 0 Å². The lowest BCUT2D eigenvalue weighted by atomic mass is 10.2. The lowest BCUT2D eigenvalue weighted by Gasteiger charge is -2.09. The van der Waals surface area contributed by atoms with Crippen LogP contribution in [0.25, 0.3) is 28.1 Å². The van der Waals surface area contributed by atoms with E-state index in [1.807, 2.05) is 60.7 Å². The van der Waals surface area contributed by atoms with E-state index in [0.29, 0.717) is 0 Å². The molecule has 22 heavy (non-hydrogen) atoms. The SMILES string of the molecule is Clc1ccc(-c2nc3ccccc3n2-c2ccccc2)cc1. The molecule has 0 N–H and O–H groups in total. The average Bonchev–Trinajstić information content (AvgIpc) is 2.96. The Morgan fingerprint density at radius 1 is 0.727 bits per heavy atom. The normalized spacial score (nSPS) is 11.0. The van der Waals surface area contributed by atoms with Crippen molar-refractivity contribution in [3.05, 3.63) is 83.9 Å². The van der Waals surface area contributed by atoms with Gasteiger partial charge in [-0.15, -0.1) is 0 Å². The minimum absolute atomic E-state index is 0.728. The number of hydrogen-bond donors (Lipinski definition) is 0. The predicted molar refractivity (Wildman–Crippen MR) is 91.5 cm³/mol. The second-order valence-corrected chi connectivity index (χ2v) is 5.54. The Balaban J connectivity index is 2.04. The van der Waals surface area contributed by atoms with E-state index in [2.05, 4.69) is 22.8 Å². The molecule has 4 rings (SSSR count). The molecule has 1 aromatic heterocycles. The van der Waals surface area contributed by atoms with Gasteiger partial charge in [-0.2, -0.15) is 0 Å². The first-order valence-electron chi connectivity index (χ1n) is 7.12. The fraction of sp³-hybridized carbons (Fsp3) is 0. The molecule has 0 saturated carbocycles. The fourth-order valence-electron chi connectivity index (χ4n) is 2.66. The number of nitrogens with zero attached hydrogens (tertiary/aromatic N) is 2. The largest absolute Gasteiger partial charge is 0.292 e. The summed E-state index contributed by atoms with van der Waals surface area (Å²) in [5.41, 5.74) is 4.22. The Kier molecular flexibility index (Phi) is 3.17. The van der Waals surface area contributed by atoms with Gasteiger partial charge in [0.25, 0.3) is 0 Å². The molecule has 0 aliphatic rings. The Bertz CT molecular complexity index is 925. The van der Waals surface area contributed by atoms with E-state index in [1.165, 1.54) is 0 Å². The molecule has 0 atom stereocenters. The topological polar surface area (TPSA) is 17.8 Å². The van der Waals surface area contributed by atoms with Crippen LogP contribution in [0.15, 0.2) is 78.9 Å². The maximum atomic E-state index is 6.01. The van der Waals surface area contributed by atoms with Gasteiger partial charge in [0.05, 0.1) is 11.0 Å². The highest BCUT2D eigenvalue weighted by atomic mass is 35.5. The van der Waals surface area contributed by atoms with Gasteiger partial charge in [-0.25, -0.2) is 4.98 Å². The molecular formula is C19H13ClN2. The van der Waals surface area contributed by atoms with Crippen molar-refractivity contribution in [1.29, 1.82) is 0 Å². The van der Waals surface area contributed by atoms with E-state index in [0.717, 1.165) is 33.1 Å². The summed E-state index contributed by atoms with van der Waals surface area (Å²) in [5, 5.41) is 0.728. The molecule has 3 heteroatoms. The Labute approximate surface area is 133 Å². The summed E-state index contributed by atoms with van der Waals surface area (Å²) < 4.78 is 2.18. The molecule has 0 radical (unpaired) electrons. The summed E-state index contributed by atoms with van der Waals surface area (Å²) in [6, 6.07) is 26.2. The Morgan fingerprint density at radius 2 is 1.41 bits per heavy atom. The van der Waals surface area contributed by atoms with E-state index in [9.17, 15) is 0 Å². The predicted octanol–water partition coefficient (Wildman–Crippen LogP) is 5.35. The van der Waals surface area contributed by atoms with E-state index in [1.54, 1.807) is 0 Å². The minimum Gasteiger partial charge on any atom is -0.292 e. The summed E-state index contributed by atoms with van der Waals surface area (Å²) in [5.74, 6) is 0.920. The van der Waals surface area contributed by atoms with Crippen molar-refractivity contribution in [1.82, 2.24) is 9.55 Å². The third-order valence-corrected chi connectivity index (χ3v) is 3.93. The maximum Gasteiger partial charge on any atom is 0.145 e. The number of imidazole rings is 1. The van der Waals surface area contributed by atoms with Gasteiger partial charge in [0.15, 0.2) is 0 Å². The zero-order valence-electron chi connectivity index (χ0n) is 11.8. The summed E-state index contributed by atoms with van der Waals surface area (Å²) in [6.07, 6.45) is 0. The van der Waals surface area contributed by atoms with Gasteiger partial charge in [-0.1, -0.05) is 41.9 Å². The summed E-state index contributed by atoms with van der Waals surface area (Å²) in [7, 11) is 0. The van der Waals surface area contributed by atoms with Crippen molar-refractivity contribution in [3.8, 4) is 17.1 Å². The number of aromatic nitrogens is 2. The monoisotopic (exact) mass is 304 g/mol. The van der Waals surface area contributed by atoms with Gasteiger partial charge in [-0.3, -0.25) is 4.57 Å². The highest BCUT2D eigenvalue weighted by molar-refractivity contribution is 6.30. The molecule has 0 amide bonds. The highest BCUT2D eigenvalue weighted by Gasteiger charge is 2.13. The van der Waals surface area contributed by atoms with Gasteiger partial charge in [0.2, 0.25) is 0 Å². The van der Waals surface area contributed by atoms with Gasteiger partial charge in [0.1, 0.15) is 5.82 Å². The van der Waals surface area contributed by atoms with Crippen LogP contribution in [0, 0.1) is 0 Å². The van der Waals surface area contributed by atoms with Gasteiger partial charge in [-0.05, 0) is 48.5 Å². The third kappa shape index (κ3) is 2.18. The van der Waals surface area contributed by atoms with Crippen LogP contribution in [0.2, 0.25) is 5.02 Å². The number of rotatable bonds is 2. The lowest BCUT2D eigenvalue weighted by Crippen LogP contribution is -1.97.